The summed E-state index contributed by atoms with van der Waals surface area (Å²) in [5, 5.41) is 11.4. The predicted molar refractivity (Wildman–Crippen MR) is 73.2 cm³/mol. The molecule has 0 aliphatic carbocycles. The van der Waals surface area contributed by atoms with Crippen molar-refractivity contribution in [2.24, 2.45) is 5.41 Å². The van der Waals surface area contributed by atoms with E-state index in [0.717, 1.165) is 0 Å². The molecular weight excluding hydrogens is 248 g/mol. The van der Waals surface area contributed by atoms with Gasteiger partial charge in [0.05, 0.1) is 12.5 Å². The van der Waals surface area contributed by atoms with Crippen molar-refractivity contribution in [3.8, 4) is 0 Å². The highest BCUT2D eigenvalue weighted by Crippen LogP contribution is 2.13. The second kappa shape index (κ2) is 7.99. The molecule has 6 nitrogen and oxygen atoms in total. The van der Waals surface area contributed by atoms with Crippen molar-refractivity contribution in [3.05, 3.63) is 0 Å². The molecule has 0 aliphatic heterocycles. The number of nitrogens with zero attached hydrogens (tertiary/aromatic N) is 1. The summed E-state index contributed by atoms with van der Waals surface area (Å²) in [6, 6.07) is -0.218. The summed E-state index contributed by atoms with van der Waals surface area (Å²) in [4.78, 5) is 24.1. The lowest BCUT2D eigenvalue weighted by Crippen LogP contribution is -2.44. The van der Waals surface area contributed by atoms with Gasteiger partial charge in [0.1, 0.15) is 0 Å². The van der Waals surface area contributed by atoms with Gasteiger partial charge in [-0.2, -0.15) is 0 Å². The Kier molecular flexibility index (Phi) is 7.44. The zero-order valence-electron chi connectivity index (χ0n) is 12.5. The van der Waals surface area contributed by atoms with Gasteiger partial charge in [0.25, 0.3) is 0 Å². The van der Waals surface area contributed by atoms with Crippen LogP contribution in [0.3, 0.4) is 0 Å². The molecule has 0 fully saturated rings. The van der Waals surface area contributed by atoms with Gasteiger partial charge in [0.15, 0.2) is 0 Å². The van der Waals surface area contributed by atoms with E-state index in [1.807, 2.05) is 20.8 Å². The van der Waals surface area contributed by atoms with E-state index in [-0.39, 0.29) is 24.4 Å². The summed E-state index contributed by atoms with van der Waals surface area (Å²) in [5.74, 6) is -0.934. The van der Waals surface area contributed by atoms with Crippen molar-refractivity contribution in [1.29, 1.82) is 0 Å². The first-order valence-corrected chi connectivity index (χ1v) is 6.48. The quantitative estimate of drug-likeness (QED) is 0.738. The summed E-state index contributed by atoms with van der Waals surface area (Å²) < 4.78 is 5.27. The van der Waals surface area contributed by atoms with Gasteiger partial charge < -0.3 is 20.1 Å². The Hall–Kier alpha value is -1.30. The summed E-state index contributed by atoms with van der Waals surface area (Å²) in [6.07, 6.45) is -0.605. The second-order valence-electron chi connectivity index (χ2n) is 5.78. The molecule has 0 spiro atoms. The van der Waals surface area contributed by atoms with Gasteiger partial charge in [0.2, 0.25) is 0 Å². The Bertz CT molecular complexity index is 300. The molecule has 0 aromatic carbocycles. The average Bonchev–Trinajstić information content (AvgIpc) is 2.22. The van der Waals surface area contributed by atoms with Gasteiger partial charge in [-0.05, 0) is 12.3 Å². The molecule has 112 valence electrons. The minimum absolute atomic E-state index is 0.0203. The lowest BCUT2D eigenvalue weighted by Gasteiger charge is -2.27. The molecule has 0 aromatic heterocycles. The molecule has 1 unspecified atom stereocenters. The maximum Gasteiger partial charge on any atom is 0.317 e. The van der Waals surface area contributed by atoms with Crippen LogP contribution in [0.1, 0.15) is 34.1 Å². The topological polar surface area (TPSA) is 78.9 Å². The van der Waals surface area contributed by atoms with Crippen LogP contribution in [0.2, 0.25) is 0 Å². The zero-order chi connectivity index (χ0) is 15.1. The Morgan fingerprint density at radius 2 is 1.95 bits per heavy atom. The SMILES string of the molecule is CCOC(CNC(=O)N(C)CC(C)(C)C)CC(=O)O. The summed E-state index contributed by atoms with van der Waals surface area (Å²) in [7, 11) is 1.72. The van der Waals surface area contributed by atoms with Gasteiger partial charge in [-0.3, -0.25) is 4.79 Å². The number of carbonyl (C=O) groups excluding carboxylic acids is 1. The van der Waals surface area contributed by atoms with Gasteiger partial charge in [-0.15, -0.1) is 0 Å². The molecule has 0 saturated carbocycles. The van der Waals surface area contributed by atoms with Crippen LogP contribution in [0, 0.1) is 5.41 Å². The normalized spacial score (nSPS) is 12.9. The lowest BCUT2D eigenvalue weighted by atomic mass is 9.96. The minimum Gasteiger partial charge on any atom is -0.481 e. The first-order chi connectivity index (χ1) is 8.65. The van der Waals surface area contributed by atoms with E-state index in [2.05, 4.69) is 5.32 Å². The van der Waals surface area contributed by atoms with Gasteiger partial charge in [-0.1, -0.05) is 20.8 Å². The number of nitrogens with one attached hydrogen (secondary N) is 1. The fourth-order valence-electron chi connectivity index (χ4n) is 1.74. The molecule has 0 aliphatic rings. The van der Waals surface area contributed by atoms with E-state index in [1.165, 1.54) is 0 Å². The van der Waals surface area contributed by atoms with Crippen molar-refractivity contribution < 1.29 is 19.4 Å². The lowest BCUT2D eigenvalue weighted by molar-refractivity contribution is -0.140. The van der Waals surface area contributed by atoms with Crippen LogP contribution in [0.4, 0.5) is 4.79 Å². The molecule has 2 amide bonds. The fraction of sp³-hybridized carbons (Fsp3) is 0.846. The molecule has 2 N–H and O–H groups in total. The minimum atomic E-state index is -0.934. The zero-order valence-corrected chi connectivity index (χ0v) is 12.5. The molecule has 0 heterocycles. The maximum atomic E-state index is 11.8. The molecule has 0 saturated heterocycles. The van der Waals surface area contributed by atoms with Crippen LogP contribution < -0.4 is 5.32 Å². The third-order valence-electron chi connectivity index (χ3n) is 2.34. The Balaban J connectivity index is 4.20. The third-order valence-corrected chi connectivity index (χ3v) is 2.34. The van der Waals surface area contributed by atoms with Crippen molar-refractivity contribution in [1.82, 2.24) is 10.2 Å². The highest BCUT2D eigenvalue weighted by Gasteiger charge is 2.19. The van der Waals surface area contributed by atoms with Crippen molar-refractivity contribution >= 4 is 12.0 Å². The smallest absolute Gasteiger partial charge is 0.317 e. The van der Waals surface area contributed by atoms with Gasteiger partial charge in [-0.25, -0.2) is 4.79 Å². The van der Waals surface area contributed by atoms with Crippen LogP contribution in [-0.4, -0.2) is 54.9 Å². The number of hydrogen-bond acceptors (Lipinski definition) is 3. The van der Waals surface area contributed by atoms with E-state index < -0.39 is 12.1 Å². The summed E-state index contributed by atoms with van der Waals surface area (Å²) in [6.45, 7) is 9.18. The number of aliphatic carboxylic acids is 1. The van der Waals surface area contributed by atoms with Crippen LogP contribution in [0.15, 0.2) is 0 Å². The first kappa shape index (κ1) is 17.7. The molecular formula is C13H26N2O4. The summed E-state index contributed by atoms with van der Waals surface area (Å²) in [5.41, 5.74) is 0.0203. The highest BCUT2D eigenvalue weighted by atomic mass is 16.5. The molecule has 0 bridgehead atoms. The van der Waals surface area contributed by atoms with Crippen LogP contribution >= 0.6 is 0 Å². The average molecular weight is 274 g/mol. The molecule has 6 heteroatoms. The first-order valence-electron chi connectivity index (χ1n) is 6.48. The molecule has 0 rings (SSSR count). The van der Waals surface area contributed by atoms with Crippen molar-refractivity contribution in [2.45, 2.75) is 40.2 Å². The predicted octanol–water partition coefficient (Wildman–Crippen LogP) is 1.55. The second-order valence-corrected chi connectivity index (χ2v) is 5.78. The van der Waals surface area contributed by atoms with Crippen LogP contribution in [-0.2, 0) is 9.53 Å². The van der Waals surface area contributed by atoms with Crippen molar-refractivity contribution in [3.63, 3.8) is 0 Å². The molecule has 0 radical (unpaired) electrons. The summed E-state index contributed by atoms with van der Waals surface area (Å²) >= 11 is 0. The number of carboxylic acids is 1. The number of urea groups is 1. The number of carbonyl (C=O) groups is 2. The number of carboxylic acid groups (broad SMARTS) is 1. The largest absolute Gasteiger partial charge is 0.481 e. The van der Waals surface area contributed by atoms with E-state index >= 15 is 0 Å². The number of rotatable bonds is 7. The Morgan fingerprint density at radius 1 is 1.37 bits per heavy atom. The number of amides is 2. The van der Waals surface area contributed by atoms with E-state index in [0.29, 0.717) is 13.2 Å². The maximum absolute atomic E-state index is 11.8. The molecule has 19 heavy (non-hydrogen) atoms. The fourth-order valence-corrected chi connectivity index (χ4v) is 1.74. The third kappa shape index (κ3) is 9.30. The van der Waals surface area contributed by atoms with Crippen LogP contribution in [0.25, 0.3) is 0 Å². The van der Waals surface area contributed by atoms with Gasteiger partial charge in [0, 0.05) is 26.7 Å². The van der Waals surface area contributed by atoms with Crippen LogP contribution in [0.5, 0.6) is 0 Å². The van der Waals surface area contributed by atoms with E-state index in [9.17, 15) is 9.59 Å². The van der Waals surface area contributed by atoms with E-state index in [1.54, 1.807) is 18.9 Å². The van der Waals surface area contributed by atoms with Gasteiger partial charge >= 0.3 is 12.0 Å². The Labute approximate surface area is 115 Å². The number of hydrogen-bond donors (Lipinski definition) is 2. The highest BCUT2D eigenvalue weighted by molar-refractivity contribution is 5.74. The standard InChI is InChI=1S/C13H26N2O4/c1-6-19-10(7-11(16)17)8-14-12(18)15(5)9-13(2,3)4/h10H,6-9H2,1-5H3,(H,14,18)(H,16,17). The number of ether oxygens (including phenoxy) is 1. The molecule has 0 aromatic rings. The Morgan fingerprint density at radius 3 is 2.37 bits per heavy atom. The van der Waals surface area contributed by atoms with Crippen molar-refractivity contribution in [2.75, 3.05) is 26.7 Å². The molecule has 1 atom stereocenters. The van der Waals surface area contributed by atoms with E-state index in [4.69, 9.17) is 9.84 Å². The monoisotopic (exact) mass is 274 g/mol.